The largest absolute Gasteiger partial charge is 0.0917 e. The van der Waals surface area contributed by atoms with Crippen molar-refractivity contribution in [1.82, 2.24) is 0 Å². The molecule has 12 heavy (non-hydrogen) atoms. The van der Waals surface area contributed by atoms with E-state index in [9.17, 15) is 0 Å². The summed E-state index contributed by atoms with van der Waals surface area (Å²) in [6.45, 7) is 4.32. The number of hydrogen-bond donors (Lipinski definition) is 0. The molecule has 0 heterocycles. The first-order valence-corrected chi connectivity index (χ1v) is 5.98. The molecule has 0 N–H and O–H groups in total. The Balaban J connectivity index is 3.00. The number of unbranched alkanes of at least 4 members (excludes halogenated alkanes) is 3. The van der Waals surface area contributed by atoms with Gasteiger partial charge in [0.25, 0.3) is 0 Å². The Morgan fingerprint density at radius 2 is 2.00 bits per heavy atom. The van der Waals surface area contributed by atoms with Crippen LogP contribution in [0.1, 0.15) is 52.4 Å². The van der Waals surface area contributed by atoms with Crippen molar-refractivity contribution in [2.75, 3.05) is 0 Å². The predicted octanol–water partition coefficient (Wildman–Crippen LogP) is 4.69. The minimum Gasteiger partial charge on any atom is -0.0917 e. The first kappa shape index (κ1) is 12.2. The molecule has 0 radical (unpaired) electrons. The van der Waals surface area contributed by atoms with Crippen molar-refractivity contribution in [3.63, 3.8) is 0 Å². The second-order valence-corrected chi connectivity index (χ2v) is 4.51. The van der Waals surface area contributed by atoms with Gasteiger partial charge in [-0.05, 0) is 32.6 Å². The van der Waals surface area contributed by atoms with E-state index in [-0.39, 0.29) is 0 Å². The summed E-state index contributed by atoms with van der Waals surface area (Å²) < 4.78 is 0. The molecule has 0 spiro atoms. The summed E-state index contributed by atoms with van der Waals surface area (Å²) >= 11 is 3.65. The van der Waals surface area contributed by atoms with Crippen molar-refractivity contribution in [2.45, 2.75) is 57.2 Å². The van der Waals surface area contributed by atoms with Gasteiger partial charge in [-0.3, -0.25) is 0 Å². The standard InChI is InChI=1S/C11H21Br/c1-3-5-6-7-8-9-10-11(12)4-2/h3,5,11H,4,6-10H2,1-2H3/b5-3+. The van der Waals surface area contributed by atoms with Crippen molar-refractivity contribution in [3.8, 4) is 0 Å². The lowest BCUT2D eigenvalue weighted by molar-refractivity contribution is 0.625. The van der Waals surface area contributed by atoms with E-state index in [0.717, 1.165) is 4.83 Å². The van der Waals surface area contributed by atoms with Crippen LogP contribution in [0.15, 0.2) is 12.2 Å². The third-order valence-corrected chi connectivity index (χ3v) is 3.17. The van der Waals surface area contributed by atoms with Crippen LogP contribution in [-0.4, -0.2) is 4.83 Å². The Morgan fingerprint density at radius 1 is 1.25 bits per heavy atom. The molecule has 0 aromatic heterocycles. The fourth-order valence-electron chi connectivity index (χ4n) is 1.18. The number of halogens is 1. The maximum Gasteiger partial charge on any atom is 0.0143 e. The third-order valence-electron chi connectivity index (χ3n) is 2.07. The molecule has 0 aliphatic carbocycles. The Labute approximate surface area is 85.6 Å². The summed E-state index contributed by atoms with van der Waals surface area (Å²) in [7, 11) is 0. The fourth-order valence-corrected chi connectivity index (χ4v) is 1.50. The average molecular weight is 233 g/mol. The zero-order chi connectivity index (χ0) is 9.23. The van der Waals surface area contributed by atoms with Gasteiger partial charge in [-0.25, -0.2) is 0 Å². The molecule has 1 atom stereocenters. The van der Waals surface area contributed by atoms with Crippen LogP contribution in [0.3, 0.4) is 0 Å². The summed E-state index contributed by atoms with van der Waals surface area (Å²) in [6, 6.07) is 0. The van der Waals surface area contributed by atoms with Crippen LogP contribution in [0.5, 0.6) is 0 Å². The molecular weight excluding hydrogens is 212 g/mol. The van der Waals surface area contributed by atoms with Gasteiger partial charge in [0, 0.05) is 4.83 Å². The van der Waals surface area contributed by atoms with E-state index in [2.05, 4.69) is 41.9 Å². The van der Waals surface area contributed by atoms with Gasteiger partial charge < -0.3 is 0 Å². The predicted molar refractivity (Wildman–Crippen MR) is 60.9 cm³/mol. The molecule has 0 aliphatic rings. The Hall–Kier alpha value is 0.220. The van der Waals surface area contributed by atoms with Crippen LogP contribution in [0.25, 0.3) is 0 Å². The van der Waals surface area contributed by atoms with Gasteiger partial charge in [0.15, 0.2) is 0 Å². The molecule has 0 aromatic rings. The second-order valence-electron chi connectivity index (χ2n) is 3.21. The summed E-state index contributed by atoms with van der Waals surface area (Å²) in [5.41, 5.74) is 0. The van der Waals surface area contributed by atoms with Crippen LogP contribution < -0.4 is 0 Å². The van der Waals surface area contributed by atoms with E-state index in [1.54, 1.807) is 0 Å². The number of hydrogen-bond acceptors (Lipinski definition) is 0. The lowest BCUT2D eigenvalue weighted by Crippen LogP contribution is -1.93. The quantitative estimate of drug-likeness (QED) is 0.340. The fraction of sp³-hybridized carbons (Fsp3) is 0.818. The number of alkyl halides is 1. The lowest BCUT2D eigenvalue weighted by Gasteiger charge is -2.04. The van der Waals surface area contributed by atoms with Crippen molar-refractivity contribution in [2.24, 2.45) is 0 Å². The van der Waals surface area contributed by atoms with Gasteiger partial charge >= 0.3 is 0 Å². The molecule has 0 fully saturated rings. The first-order chi connectivity index (χ1) is 5.81. The summed E-state index contributed by atoms with van der Waals surface area (Å²) in [5.74, 6) is 0. The van der Waals surface area contributed by atoms with Gasteiger partial charge in [-0.1, -0.05) is 47.8 Å². The van der Waals surface area contributed by atoms with Crippen LogP contribution in [0, 0.1) is 0 Å². The van der Waals surface area contributed by atoms with E-state index < -0.39 is 0 Å². The Bertz CT molecular complexity index is 108. The van der Waals surface area contributed by atoms with Gasteiger partial charge in [0.2, 0.25) is 0 Å². The molecule has 1 unspecified atom stereocenters. The third kappa shape index (κ3) is 8.32. The smallest absolute Gasteiger partial charge is 0.0143 e. The highest BCUT2D eigenvalue weighted by molar-refractivity contribution is 9.09. The summed E-state index contributed by atoms with van der Waals surface area (Å²) in [4.78, 5) is 0.749. The van der Waals surface area contributed by atoms with E-state index in [1.165, 1.54) is 38.5 Å². The van der Waals surface area contributed by atoms with Crippen molar-refractivity contribution in [3.05, 3.63) is 12.2 Å². The van der Waals surface area contributed by atoms with Gasteiger partial charge in [0.1, 0.15) is 0 Å². The van der Waals surface area contributed by atoms with Crippen LogP contribution in [0.2, 0.25) is 0 Å². The van der Waals surface area contributed by atoms with Crippen LogP contribution in [-0.2, 0) is 0 Å². The molecule has 0 saturated carbocycles. The zero-order valence-corrected chi connectivity index (χ0v) is 9.94. The normalized spacial score (nSPS) is 13.9. The van der Waals surface area contributed by atoms with Gasteiger partial charge in [0.05, 0.1) is 0 Å². The molecule has 0 saturated heterocycles. The van der Waals surface area contributed by atoms with Crippen molar-refractivity contribution >= 4 is 15.9 Å². The minimum absolute atomic E-state index is 0.749. The second kappa shape index (κ2) is 9.31. The highest BCUT2D eigenvalue weighted by Gasteiger charge is 1.98. The molecular formula is C11H21Br. The molecule has 0 nitrogen and oxygen atoms in total. The van der Waals surface area contributed by atoms with E-state index in [1.807, 2.05) is 0 Å². The van der Waals surface area contributed by atoms with Crippen LogP contribution in [0.4, 0.5) is 0 Å². The molecule has 0 amide bonds. The Morgan fingerprint density at radius 3 is 2.58 bits per heavy atom. The van der Waals surface area contributed by atoms with Crippen molar-refractivity contribution in [1.29, 1.82) is 0 Å². The molecule has 0 aromatic carbocycles. The highest BCUT2D eigenvalue weighted by Crippen LogP contribution is 2.14. The highest BCUT2D eigenvalue weighted by atomic mass is 79.9. The van der Waals surface area contributed by atoms with Gasteiger partial charge in [-0.15, -0.1) is 0 Å². The summed E-state index contributed by atoms with van der Waals surface area (Å²) in [5, 5.41) is 0. The maximum atomic E-state index is 3.65. The first-order valence-electron chi connectivity index (χ1n) is 5.06. The van der Waals surface area contributed by atoms with Crippen LogP contribution >= 0.6 is 15.9 Å². The van der Waals surface area contributed by atoms with E-state index in [4.69, 9.17) is 0 Å². The molecule has 0 rings (SSSR count). The topological polar surface area (TPSA) is 0 Å². The molecule has 0 aliphatic heterocycles. The van der Waals surface area contributed by atoms with Gasteiger partial charge in [-0.2, -0.15) is 0 Å². The minimum atomic E-state index is 0.749. The average Bonchev–Trinajstić information content (AvgIpc) is 2.10. The molecule has 0 bridgehead atoms. The zero-order valence-electron chi connectivity index (χ0n) is 8.35. The lowest BCUT2D eigenvalue weighted by atomic mass is 10.1. The summed E-state index contributed by atoms with van der Waals surface area (Å²) in [6.07, 6.45) is 12.4. The maximum absolute atomic E-state index is 3.65. The molecule has 72 valence electrons. The van der Waals surface area contributed by atoms with E-state index in [0.29, 0.717) is 0 Å². The van der Waals surface area contributed by atoms with Crippen molar-refractivity contribution < 1.29 is 0 Å². The Kier molecular flexibility index (Phi) is 9.48. The SMILES string of the molecule is C/C=C/CCCCCC(Br)CC. The van der Waals surface area contributed by atoms with E-state index >= 15 is 0 Å². The number of rotatable bonds is 7. The molecule has 1 heteroatoms. The monoisotopic (exact) mass is 232 g/mol. The number of allylic oxidation sites excluding steroid dienone is 2.